The number of hydrazone groups is 1. The first-order valence-electron chi connectivity index (χ1n) is 11.2. The first-order valence-corrected chi connectivity index (χ1v) is 12.0. The van der Waals surface area contributed by atoms with E-state index in [9.17, 15) is 9.59 Å². The van der Waals surface area contributed by atoms with E-state index in [2.05, 4.69) is 0 Å². The number of carbonyl (C=O) groups is 2. The molecular formula is C28H30N2O2S. The molecular weight excluding hydrogens is 428 g/mol. The topological polar surface area (TPSA) is 49.7 Å². The minimum atomic E-state index is -0.355. The van der Waals surface area contributed by atoms with Crippen LogP contribution in [-0.4, -0.2) is 17.4 Å². The van der Waals surface area contributed by atoms with E-state index in [1.807, 2.05) is 102 Å². The van der Waals surface area contributed by atoms with Gasteiger partial charge < -0.3 is 0 Å². The SMILES string of the molecule is Cc1cccc(N2N=C(c3cccs3)C(=C3C=C(C(C)(C)C)C(=O)C(C(C)(C)C)=C3)C2=O)c1. The number of thiophene rings is 1. The second-order valence-corrected chi connectivity index (χ2v) is 11.6. The highest BCUT2D eigenvalue weighted by molar-refractivity contribution is 7.12. The minimum absolute atomic E-state index is 0.0509. The first kappa shape index (κ1) is 23.1. The molecule has 4 rings (SSSR count). The van der Waals surface area contributed by atoms with Crippen LogP contribution in [0.4, 0.5) is 5.69 Å². The number of hydrogen-bond donors (Lipinski definition) is 0. The van der Waals surface area contributed by atoms with Crippen LogP contribution in [0.2, 0.25) is 0 Å². The fraction of sp³-hybridized carbons (Fsp3) is 0.321. The molecule has 0 saturated carbocycles. The molecule has 0 radical (unpaired) electrons. The third-order valence-electron chi connectivity index (χ3n) is 5.84. The summed E-state index contributed by atoms with van der Waals surface area (Å²) in [6.45, 7) is 14.2. The molecule has 33 heavy (non-hydrogen) atoms. The maximum Gasteiger partial charge on any atom is 0.281 e. The van der Waals surface area contributed by atoms with Crippen molar-refractivity contribution in [2.45, 2.75) is 48.5 Å². The molecule has 1 aromatic heterocycles. The molecule has 2 heterocycles. The zero-order chi connectivity index (χ0) is 24.1. The van der Waals surface area contributed by atoms with Crippen molar-refractivity contribution >= 4 is 34.4 Å². The van der Waals surface area contributed by atoms with E-state index < -0.39 is 0 Å². The average Bonchev–Trinajstić information content (AvgIpc) is 3.34. The Bertz CT molecular complexity index is 1220. The number of aryl methyl sites for hydroxylation is 1. The number of rotatable bonds is 2. The van der Waals surface area contributed by atoms with Gasteiger partial charge in [0.25, 0.3) is 5.91 Å². The highest BCUT2D eigenvalue weighted by Crippen LogP contribution is 2.41. The van der Waals surface area contributed by atoms with Gasteiger partial charge in [-0.25, -0.2) is 0 Å². The van der Waals surface area contributed by atoms with Crippen molar-refractivity contribution in [3.8, 4) is 0 Å². The monoisotopic (exact) mass is 458 g/mol. The van der Waals surface area contributed by atoms with Gasteiger partial charge in [-0.1, -0.05) is 59.7 Å². The van der Waals surface area contributed by atoms with Crippen LogP contribution < -0.4 is 5.01 Å². The number of Topliss-reactive ketones (excluding diaryl/α,β-unsaturated/α-hetero) is 1. The number of benzene rings is 1. The van der Waals surface area contributed by atoms with Crippen molar-refractivity contribution in [2.24, 2.45) is 15.9 Å². The van der Waals surface area contributed by atoms with Crippen molar-refractivity contribution < 1.29 is 9.59 Å². The lowest BCUT2D eigenvalue weighted by molar-refractivity contribution is -0.115. The highest BCUT2D eigenvalue weighted by atomic mass is 32.1. The Labute approximate surface area is 200 Å². The Kier molecular flexibility index (Phi) is 5.65. The maximum atomic E-state index is 13.8. The fourth-order valence-electron chi connectivity index (χ4n) is 4.07. The van der Waals surface area contributed by atoms with Gasteiger partial charge in [0.15, 0.2) is 5.78 Å². The molecule has 0 saturated heterocycles. The molecule has 2 aliphatic rings. The average molecular weight is 459 g/mol. The summed E-state index contributed by atoms with van der Waals surface area (Å²) in [7, 11) is 0. The number of anilines is 1. The zero-order valence-corrected chi connectivity index (χ0v) is 21.1. The van der Waals surface area contributed by atoms with E-state index in [4.69, 9.17) is 5.10 Å². The second kappa shape index (κ2) is 8.07. The van der Waals surface area contributed by atoms with Crippen LogP contribution in [0.1, 0.15) is 52.0 Å². The van der Waals surface area contributed by atoms with Gasteiger partial charge >= 0.3 is 0 Å². The van der Waals surface area contributed by atoms with Gasteiger partial charge in [0.2, 0.25) is 0 Å². The van der Waals surface area contributed by atoms with Crippen LogP contribution in [-0.2, 0) is 9.59 Å². The summed E-state index contributed by atoms with van der Waals surface area (Å²) in [6, 6.07) is 11.7. The van der Waals surface area contributed by atoms with E-state index >= 15 is 0 Å². The van der Waals surface area contributed by atoms with Crippen molar-refractivity contribution in [3.63, 3.8) is 0 Å². The second-order valence-electron chi connectivity index (χ2n) is 10.7. The number of ketones is 1. The van der Waals surface area contributed by atoms with Gasteiger partial charge in [-0.2, -0.15) is 10.1 Å². The Morgan fingerprint density at radius 2 is 1.52 bits per heavy atom. The maximum absolute atomic E-state index is 13.8. The molecule has 0 bridgehead atoms. The summed E-state index contributed by atoms with van der Waals surface area (Å²) in [4.78, 5) is 28.2. The Morgan fingerprint density at radius 1 is 0.879 bits per heavy atom. The predicted molar refractivity (Wildman–Crippen MR) is 137 cm³/mol. The summed E-state index contributed by atoms with van der Waals surface area (Å²) < 4.78 is 0. The molecule has 2 aromatic rings. The Hall–Kier alpha value is -3.05. The van der Waals surface area contributed by atoms with Crippen molar-refractivity contribution in [1.82, 2.24) is 0 Å². The Balaban J connectivity index is 1.99. The number of nitrogens with zero attached hydrogens (tertiary/aromatic N) is 2. The lowest BCUT2D eigenvalue weighted by Crippen LogP contribution is -2.29. The normalized spacial score (nSPS) is 17.4. The standard InChI is InChI=1S/C28H30N2O2S/c1-17-10-8-11-19(14-17)30-26(32)23(24(29-30)22-12-9-13-33-22)18-15-20(27(2,3)4)25(31)21(16-18)28(5,6)7/h8-16H,1-7H3. The van der Waals surface area contributed by atoms with Crippen LogP contribution in [0.15, 0.2) is 81.3 Å². The molecule has 0 N–H and O–H groups in total. The minimum Gasteiger partial charge on any atom is -0.289 e. The van der Waals surface area contributed by atoms with E-state index in [0.717, 1.165) is 21.7 Å². The van der Waals surface area contributed by atoms with E-state index in [-0.39, 0.29) is 22.5 Å². The molecule has 1 amide bonds. The van der Waals surface area contributed by atoms with Crippen molar-refractivity contribution in [2.75, 3.05) is 5.01 Å². The van der Waals surface area contributed by atoms with E-state index in [1.54, 1.807) is 11.3 Å². The number of hydrogen-bond acceptors (Lipinski definition) is 4. The lowest BCUT2D eigenvalue weighted by atomic mass is 9.71. The first-order chi connectivity index (χ1) is 15.4. The Morgan fingerprint density at radius 3 is 2.03 bits per heavy atom. The number of allylic oxidation sites excluding steroid dienone is 5. The largest absolute Gasteiger partial charge is 0.289 e. The van der Waals surface area contributed by atoms with Crippen LogP contribution in [0, 0.1) is 17.8 Å². The predicted octanol–water partition coefficient (Wildman–Crippen LogP) is 6.63. The molecule has 0 fully saturated rings. The summed E-state index contributed by atoms with van der Waals surface area (Å²) >= 11 is 1.55. The number of amides is 1. The van der Waals surface area contributed by atoms with Crippen LogP contribution in [0.25, 0.3) is 0 Å². The smallest absolute Gasteiger partial charge is 0.281 e. The lowest BCUT2D eigenvalue weighted by Gasteiger charge is -2.31. The molecule has 1 aliphatic heterocycles. The van der Waals surface area contributed by atoms with Crippen LogP contribution >= 0.6 is 11.3 Å². The summed E-state index contributed by atoms with van der Waals surface area (Å²) in [6.07, 6.45) is 3.79. The van der Waals surface area contributed by atoms with Crippen molar-refractivity contribution in [3.05, 3.63) is 86.7 Å². The van der Waals surface area contributed by atoms with Gasteiger partial charge in [0.1, 0.15) is 5.71 Å². The van der Waals surface area contributed by atoms with E-state index in [0.29, 0.717) is 22.4 Å². The van der Waals surface area contributed by atoms with E-state index in [1.165, 1.54) is 5.01 Å². The fourth-order valence-corrected chi connectivity index (χ4v) is 4.79. The van der Waals surface area contributed by atoms with Gasteiger partial charge in [0, 0.05) is 11.1 Å². The molecule has 1 aromatic carbocycles. The molecule has 4 nitrogen and oxygen atoms in total. The third kappa shape index (κ3) is 4.30. The van der Waals surface area contributed by atoms with Crippen molar-refractivity contribution in [1.29, 1.82) is 0 Å². The molecule has 0 spiro atoms. The summed E-state index contributed by atoms with van der Waals surface area (Å²) in [5, 5.41) is 8.25. The number of carbonyl (C=O) groups excluding carboxylic acids is 2. The molecule has 5 heteroatoms. The van der Waals surface area contributed by atoms with Crippen LogP contribution in [0.3, 0.4) is 0 Å². The third-order valence-corrected chi connectivity index (χ3v) is 6.71. The zero-order valence-electron chi connectivity index (χ0n) is 20.3. The molecule has 0 unspecified atom stereocenters. The van der Waals surface area contributed by atoms with Gasteiger partial charge in [-0.05, 0) is 64.6 Å². The van der Waals surface area contributed by atoms with Gasteiger partial charge in [-0.3, -0.25) is 9.59 Å². The quantitative estimate of drug-likeness (QED) is 0.474. The molecule has 1 aliphatic carbocycles. The van der Waals surface area contributed by atoms with Gasteiger partial charge in [-0.15, -0.1) is 11.3 Å². The summed E-state index contributed by atoms with van der Waals surface area (Å²) in [5.74, 6) is -0.127. The molecule has 0 atom stereocenters. The molecule has 170 valence electrons. The highest BCUT2D eigenvalue weighted by Gasteiger charge is 2.39. The summed E-state index contributed by atoms with van der Waals surface area (Å²) in [5.41, 5.74) is 4.44. The van der Waals surface area contributed by atoms with Crippen LogP contribution in [0.5, 0.6) is 0 Å². The van der Waals surface area contributed by atoms with Gasteiger partial charge in [0.05, 0.1) is 16.1 Å².